The summed E-state index contributed by atoms with van der Waals surface area (Å²) in [5, 5.41) is 9.98. The quantitative estimate of drug-likeness (QED) is 0.239. The zero-order valence-electron chi connectivity index (χ0n) is 14.4. The Kier molecular flexibility index (Phi) is 7.23. The number of nitrogens with one attached hydrogen (secondary N) is 1. The highest BCUT2D eigenvalue weighted by Crippen LogP contribution is 2.66. The van der Waals surface area contributed by atoms with Crippen LogP contribution in [0.25, 0.3) is 0 Å². The number of rotatable bonds is 8. The van der Waals surface area contributed by atoms with E-state index in [0.29, 0.717) is 0 Å². The van der Waals surface area contributed by atoms with Gasteiger partial charge in [0.15, 0.2) is 0 Å². The van der Waals surface area contributed by atoms with Crippen LogP contribution in [0.5, 0.6) is 0 Å². The van der Waals surface area contributed by atoms with Crippen molar-refractivity contribution < 1.29 is 56.3 Å². The van der Waals surface area contributed by atoms with Gasteiger partial charge in [-0.2, -0.15) is 8.62 Å². The second kappa shape index (κ2) is 8.63. The van der Waals surface area contributed by atoms with Crippen LogP contribution < -0.4 is 11.2 Å². The van der Waals surface area contributed by atoms with Crippen molar-refractivity contribution in [2.45, 2.75) is 31.8 Å². The van der Waals surface area contributed by atoms with E-state index in [0.717, 1.165) is 4.57 Å². The Balaban J connectivity index is 2.03. The molecule has 5 unspecified atom stereocenters. The van der Waals surface area contributed by atoms with Crippen molar-refractivity contribution in [3.63, 3.8) is 0 Å². The largest absolute Gasteiger partial charge is 0.490 e. The summed E-state index contributed by atoms with van der Waals surface area (Å²) in [6.07, 6.45) is -2.67. The molecule has 1 aromatic heterocycles. The van der Waals surface area contributed by atoms with Gasteiger partial charge in [-0.05, 0) is 6.92 Å². The zero-order valence-corrected chi connectivity index (χ0v) is 17.1. The van der Waals surface area contributed by atoms with Gasteiger partial charge in [-0.3, -0.25) is 18.9 Å². The molecule has 2 heterocycles. The highest BCUT2D eigenvalue weighted by atomic mass is 31.3. The van der Waals surface area contributed by atoms with E-state index >= 15 is 0 Å². The maximum Gasteiger partial charge on any atom is 0.490 e. The lowest BCUT2D eigenvalue weighted by atomic mass is 10.2. The number of phosphoric ester groups is 1. The number of hydrogen-bond acceptors (Lipinski definition) is 10. The molecular formula is C10H17N2O14P3. The first-order valence-electron chi connectivity index (χ1n) is 7.52. The molecule has 0 bridgehead atoms. The molecule has 1 saturated heterocycles. The minimum Gasteiger partial charge on any atom is -0.390 e. The predicted molar refractivity (Wildman–Crippen MR) is 90.4 cm³/mol. The molecule has 0 spiro atoms. The third-order valence-electron chi connectivity index (χ3n) is 3.48. The fourth-order valence-corrected chi connectivity index (χ4v) is 5.34. The highest BCUT2D eigenvalue weighted by Gasteiger charge is 2.42. The van der Waals surface area contributed by atoms with E-state index in [1.807, 2.05) is 4.98 Å². The smallest absolute Gasteiger partial charge is 0.390 e. The summed E-state index contributed by atoms with van der Waals surface area (Å²) in [5.41, 5.74) is -1.26. The molecule has 5 atom stereocenters. The molecule has 1 fully saturated rings. The van der Waals surface area contributed by atoms with Crippen LogP contribution in [0.15, 0.2) is 15.8 Å². The summed E-state index contributed by atoms with van der Waals surface area (Å²) in [6, 6.07) is 0. The summed E-state index contributed by atoms with van der Waals surface area (Å²) >= 11 is 0. The highest BCUT2D eigenvalue weighted by molar-refractivity contribution is 7.66. The normalized spacial score (nSPS) is 26.8. The SMILES string of the molecule is Cc1cn(C2CC(O)C(COP(=O)(O)OP(=O)(O)OP(=O)(O)O)O2)c(=O)[nH]c1=O. The molecule has 1 aliphatic rings. The molecule has 166 valence electrons. The van der Waals surface area contributed by atoms with Crippen LogP contribution in [0.1, 0.15) is 18.2 Å². The van der Waals surface area contributed by atoms with Crippen LogP contribution in [0.2, 0.25) is 0 Å². The number of aryl methyl sites for hydroxylation is 1. The molecule has 0 saturated carbocycles. The second-order valence-corrected chi connectivity index (χ2v) is 10.2. The van der Waals surface area contributed by atoms with E-state index in [4.69, 9.17) is 19.4 Å². The average molecular weight is 482 g/mol. The van der Waals surface area contributed by atoms with E-state index in [1.54, 1.807) is 0 Å². The summed E-state index contributed by atoms with van der Waals surface area (Å²) in [6.45, 7) is 0.547. The van der Waals surface area contributed by atoms with Gasteiger partial charge < -0.3 is 29.4 Å². The number of aliphatic hydroxyl groups excluding tert-OH is 1. The number of aliphatic hydroxyl groups is 1. The van der Waals surface area contributed by atoms with Gasteiger partial charge in [-0.25, -0.2) is 18.5 Å². The average Bonchev–Trinajstić information content (AvgIpc) is 2.86. The molecule has 0 amide bonds. The molecule has 19 heteroatoms. The van der Waals surface area contributed by atoms with Crippen LogP contribution in [0.4, 0.5) is 0 Å². The van der Waals surface area contributed by atoms with Gasteiger partial charge in [-0.1, -0.05) is 0 Å². The number of phosphoric acid groups is 3. The lowest BCUT2D eigenvalue weighted by Crippen LogP contribution is -2.33. The van der Waals surface area contributed by atoms with Gasteiger partial charge in [-0.15, -0.1) is 0 Å². The predicted octanol–water partition coefficient (Wildman–Crippen LogP) is -1.16. The first-order chi connectivity index (χ1) is 13.1. The first-order valence-corrected chi connectivity index (χ1v) is 12.0. The van der Waals surface area contributed by atoms with Crippen molar-refractivity contribution in [3.05, 3.63) is 32.6 Å². The molecule has 29 heavy (non-hydrogen) atoms. The van der Waals surface area contributed by atoms with Gasteiger partial charge in [0.2, 0.25) is 0 Å². The fraction of sp³-hybridized carbons (Fsp3) is 0.600. The number of H-pyrrole nitrogens is 1. The van der Waals surface area contributed by atoms with Gasteiger partial charge >= 0.3 is 29.2 Å². The van der Waals surface area contributed by atoms with Crippen molar-refractivity contribution in [3.8, 4) is 0 Å². The van der Waals surface area contributed by atoms with Crippen molar-refractivity contribution in [2.75, 3.05) is 6.61 Å². The summed E-state index contributed by atoms with van der Waals surface area (Å²) in [5.74, 6) is 0. The number of aromatic amines is 1. The number of hydrogen-bond donors (Lipinski definition) is 6. The van der Waals surface area contributed by atoms with Crippen LogP contribution in [-0.2, 0) is 31.6 Å². The van der Waals surface area contributed by atoms with Crippen molar-refractivity contribution in [2.24, 2.45) is 0 Å². The van der Waals surface area contributed by atoms with Crippen LogP contribution in [0.3, 0.4) is 0 Å². The lowest BCUT2D eigenvalue weighted by molar-refractivity contribution is -0.0450. The minimum absolute atomic E-state index is 0.171. The minimum atomic E-state index is -5.67. The fourth-order valence-electron chi connectivity index (χ4n) is 2.31. The Hall–Kier alpha value is -0.990. The van der Waals surface area contributed by atoms with Gasteiger partial charge in [0, 0.05) is 18.2 Å². The number of nitrogens with zero attached hydrogens (tertiary/aromatic N) is 1. The third-order valence-corrected chi connectivity index (χ3v) is 7.28. The molecule has 16 nitrogen and oxygen atoms in total. The van der Waals surface area contributed by atoms with Gasteiger partial charge in [0.05, 0.1) is 12.7 Å². The monoisotopic (exact) mass is 482 g/mol. The first kappa shape index (κ1) is 24.3. The van der Waals surface area contributed by atoms with E-state index in [1.165, 1.54) is 13.1 Å². The standard InChI is InChI=1S/C10H17N2O14P3/c1-5-3-12(10(15)11-9(5)14)8-2-6(13)7(24-8)4-23-28(19,20)26-29(21,22)25-27(16,17)18/h3,6-8,13H,2,4H2,1H3,(H,19,20)(H,21,22)(H,11,14,15)(H2,16,17,18). The van der Waals surface area contributed by atoms with E-state index in [2.05, 4.69) is 13.1 Å². The maximum atomic E-state index is 11.9. The molecule has 0 aliphatic carbocycles. The summed E-state index contributed by atoms with van der Waals surface area (Å²) in [7, 11) is -16.6. The van der Waals surface area contributed by atoms with Gasteiger partial charge in [0.1, 0.15) is 12.3 Å². The van der Waals surface area contributed by atoms with Crippen molar-refractivity contribution >= 4 is 23.5 Å². The Morgan fingerprint density at radius 2 is 1.79 bits per heavy atom. The van der Waals surface area contributed by atoms with Crippen LogP contribution in [-0.4, -0.2) is 53.0 Å². The van der Waals surface area contributed by atoms with E-state index < -0.39 is 59.8 Å². The Labute approximate surface area is 161 Å². The topological polar surface area (TPSA) is 244 Å². The Bertz CT molecular complexity index is 1010. The molecule has 0 aromatic carbocycles. The lowest BCUT2D eigenvalue weighted by Gasteiger charge is -2.19. The molecule has 1 aliphatic heterocycles. The molecule has 6 N–H and O–H groups in total. The van der Waals surface area contributed by atoms with Crippen molar-refractivity contribution in [1.82, 2.24) is 9.55 Å². The second-order valence-electron chi connectivity index (χ2n) is 5.80. The Morgan fingerprint density at radius 3 is 2.38 bits per heavy atom. The summed E-state index contributed by atoms with van der Waals surface area (Å²) in [4.78, 5) is 60.6. The summed E-state index contributed by atoms with van der Waals surface area (Å²) < 4.78 is 51.3. The molecule has 1 aromatic rings. The van der Waals surface area contributed by atoms with E-state index in [-0.39, 0.29) is 12.0 Å². The maximum absolute atomic E-state index is 11.9. The third kappa shape index (κ3) is 7.03. The van der Waals surface area contributed by atoms with E-state index in [9.17, 15) is 33.3 Å². The van der Waals surface area contributed by atoms with Crippen LogP contribution >= 0.6 is 23.5 Å². The Morgan fingerprint density at radius 1 is 1.17 bits per heavy atom. The molecule has 0 radical (unpaired) electrons. The number of aromatic nitrogens is 2. The number of ether oxygens (including phenoxy) is 1. The van der Waals surface area contributed by atoms with Crippen molar-refractivity contribution in [1.29, 1.82) is 0 Å². The molecular weight excluding hydrogens is 465 g/mol. The molecule has 2 rings (SSSR count). The van der Waals surface area contributed by atoms with Crippen LogP contribution in [0, 0.1) is 6.92 Å². The van der Waals surface area contributed by atoms with Gasteiger partial charge in [0.25, 0.3) is 5.56 Å². The zero-order chi connectivity index (χ0) is 22.2.